The van der Waals surface area contributed by atoms with Crippen molar-refractivity contribution in [3.05, 3.63) is 123 Å². The highest BCUT2D eigenvalue weighted by Crippen LogP contribution is 2.44. The van der Waals surface area contributed by atoms with Crippen LogP contribution in [0.15, 0.2) is 95.5 Å². The molecule has 2 aliphatic heterocycles. The first-order valence-electron chi connectivity index (χ1n) is 21.5. The summed E-state index contributed by atoms with van der Waals surface area (Å²) < 4.78 is 62.5. The van der Waals surface area contributed by atoms with Crippen LogP contribution >= 0.6 is 11.6 Å². The van der Waals surface area contributed by atoms with E-state index >= 15 is 4.39 Å². The van der Waals surface area contributed by atoms with E-state index in [1.807, 2.05) is 23.8 Å². The number of rotatable bonds is 14. The maximum absolute atomic E-state index is 15.5. The molecule has 64 heavy (non-hydrogen) atoms. The highest BCUT2D eigenvalue weighted by Gasteiger charge is 2.31. The number of amides is 1. The molecule has 1 aliphatic carbocycles. The summed E-state index contributed by atoms with van der Waals surface area (Å²) in [5.41, 5.74) is 4.69. The number of morpholine rings is 1. The summed E-state index contributed by atoms with van der Waals surface area (Å²) in [5.74, 6) is -2.14. The van der Waals surface area contributed by atoms with Gasteiger partial charge in [-0.1, -0.05) is 50.1 Å². The Morgan fingerprint density at radius 3 is 2.53 bits per heavy atom. The van der Waals surface area contributed by atoms with Gasteiger partial charge in [0.25, 0.3) is 15.9 Å². The number of allylic oxidation sites excluding steroid dienone is 1. The minimum absolute atomic E-state index is 0.0773. The minimum atomic E-state index is -4.67. The number of aromatic amines is 1. The molecule has 1 aromatic heterocycles. The van der Waals surface area contributed by atoms with Crippen molar-refractivity contribution in [2.45, 2.75) is 51.0 Å². The molecule has 2 fully saturated rings. The van der Waals surface area contributed by atoms with Gasteiger partial charge in [0.1, 0.15) is 12.4 Å². The second-order valence-corrected chi connectivity index (χ2v) is 19.4. The van der Waals surface area contributed by atoms with Gasteiger partial charge in [-0.3, -0.25) is 24.7 Å². The smallest absolute Gasteiger partial charge is 0.312 e. The molecule has 5 aromatic rings. The van der Waals surface area contributed by atoms with E-state index in [-0.39, 0.29) is 40.9 Å². The van der Waals surface area contributed by atoms with Crippen LogP contribution in [-0.4, -0.2) is 106 Å². The van der Waals surface area contributed by atoms with Crippen LogP contribution < -0.4 is 19.1 Å². The molecule has 14 nitrogen and oxygen atoms in total. The number of aromatic nitrogens is 1. The largest absolute Gasteiger partial charge is 0.485 e. The standard InChI is InChI=1S/C47H52ClFN6O8S/c1-4-53-21-22-61-29-36(53)30-62-43-12-10-37(25-42(43)55(57)58)64(59,60)51-46(56)38-11-9-35(24-44(38)63-45-23-32-14-16-50-41(32)26-40(45)49)54-19-17-52(18-20-54)28-33-13-15-47(2,3)27-39(33)31-5-7-34(48)8-6-31/h5-12,14,16,23-26,36,50H,4,13,15,17-22,27-30H2,1-3H3,(H,51,56). The number of halogens is 2. The molecule has 8 rings (SSSR count). The Balaban J connectivity index is 1.01. The summed E-state index contributed by atoms with van der Waals surface area (Å²) in [6.07, 6.45) is 4.77. The van der Waals surface area contributed by atoms with Crippen LogP contribution in [0, 0.1) is 21.3 Å². The zero-order valence-electron chi connectivity index (χ0n) is 36.1. The Kier molecular flexibility index (Phi) is 13.3. The van der Waals surface area contributed by atoms with Crippen LogP contribution in [0.1, 0.15) is 56.0 Å². The number of hydrogen-bond acceptors (Lipinski definition) is 11. The lowest BCUT2D eigenvalue weighted by molar-refractivity contribution is -0.386. The number of sulfonamides is 1. The summed E-state index contributed by atoms with van der Waals surface area (Å²) in [4.78, 5) is 34.5. The second kappa shape index (κ2) is 18.9. The summed E-state index contributed by atoms with van der Waals surface area (Å²) in [7, 11) is -4.67. The van der Waals surface area contributed by atoms with Crippen molar-refractivity contribution in [1.82, 2.24) is 19.5 Å². The quantitative estimate of drug-likeness (QED) is 0.0811. The van der Waals surface area contributed by atoms with E-state index in [0.717, 1.165) is 57.6 Å². The van der Waals surface area contributed by atoms with Crippen molar-refractivity contribution < 1.29 is 36.7 Å². The molecule has 17 heteroatoms. The molecular formula is C47H52ClFN6O8S. The number of ether oxygens (including phenoxy) is 3. The number of hydrogen-bond donors (Lipinski definition) is 2. The SMILES string of the molecule is CCN1CCOCC1COc1ccc(S(=O)(=O)NC(=O)c2ccc(N3CCN(CC4=C(c5ccc(Cl)cc5)CC(C)(C)CC4)CC3)cc2Oc2cc3cc[nH]c3cc2F)cc1[N+](=O)[O-]. The Bertz CT molecular complexity index is 2680. The minimum Gasteiger partial charge on any atom is -0.485 e. The predicted molar refractivity (Wildman–Crippen MR) is 245 cm³/mol. The lowest BCUT2D eigenvalue weighted by Gasteiger charge is -2.39. The lowest BCUT2D eigenvalue weighted by atomic mass is 9.72. The van der Waals surface area contributed by atoms with Crippen LogP contribution in [0.25, 0.3) is 16.5 Å². The number of likely N-dealkylation sites (N-methyl/N-ethyl adjacent to an activating group) is 1. The highest BCUT2D eigenvalue weighted by molar-refractivity contribution is 7.90. The first-order chi connectivity index (χ1) is 30.7. The molecule has 0 saturated carbocycles. The molecular weight excluding hydrogens is 863 g/mol. The van der Waals surface area contributed by atoms with Gasteiger partial charge >= 0.3 is 5.69 Å². The van der Waals surface area contributed by atoms with Gasteiger partial charge in [-0.25, -0.2) is 17.5 Å². The number of carbonyl (C=O) groups excluding carboxylic acids is 1. The monoisotopic (exact) mass is 914 g/mol. The van der Waals surface area contributed by atoms with E-state index in [2.05, 4.69) is 45.7 Å². The number of fused-ring (bicyclic) bond motifs is 1. The van der Waals surface area contributed by atoms with E-state index in [1.165, 1.54) is 41.0 Å². The van der Waals surface area contributed by atoms with Crippen molar-refractivity contribution in [1.29, 1.82) is 0 Å². The van der Waals surface area contributed by atoms with Gasteiger partial charge in [-0.15, -0.1) is 0 Å². The zero-order valence-corrected chi connectivity index (χ0v) is 37.6. The summed E-state index contributed by atoms with van der Waals surface area (Å²) in [6.45, 7) is 12.8. The number of nitro groups is 1. The second-order valence-electron chi connectivity index (χ2n) is 17.3. The number of benzene rings is 4. The normalized spacial score (nSPS) is 18.6. The average Bonchev–Trinajstić information content (AvgIpc) is 3.73. The topological polar surface area (TPSA) is 160 Å². The molecule has 0 bridgehead atoms. The van der Waals surface area contributed by atoms with E-state index < -0.39 is 37.3 Å². The number of nitrogens with one attached hydrogen (secondary N) is 2. The van der Waals surface area contributed by atoms with Crippen molar-refractivity contribution in [3.8, 4) is 17.2 Å². The molecule has 0 radical (unpaired) electrons. The fourth-order valence-electron chi connectivity index (χ4n) is 8.74. The van der Waals surface area contributed by atoms with E-state index in [9.17, 15) is 23.3 Å². The number of carbonyl (C=O) groups is 1. The van der Waals surface area contributed by atoms with Crippen LogP contribution in [-0.2, 0) is 14.8 Å². The lowest BCUT2D eigenvalue weighted by Crippen LogP contribution is -2.48. The molecule has 1 atom stereocenters. The van der Waals surface area contributed by atoms with Crippen LogP contribution in [0.5, 0.6) is 17.2 Å². The number of anilines is 1. The molecule has 3 heterocycles. The van der Waals surface area contributed by atoms with Crippen molar-refractivity contribution in [2.24, 2.45) is 5.41 Å². The van der Waals surface area contributed by atoms with Gasteiger partial charge in [0.05, 0.1) is 34.6 Å². The third-order valence-electron chi connectivity index (χ3n) is 12.4. The number of nitro benzene ring substituents is 1. The summed E-state index contributed by atoms with van der Waals surface area (Å²) in [5, 5.41) is 13.5. The van der Waals surface area contributed by atoms with Crippen LogP contribution in [0.4, 0.5) is 15.8 Å². The Hall–Kier alpha value is -5.52. The molecule has 1 amide bonds. The number of nitrogens with zero attached hydrogens (tertiary/aromatic N) is 4. The van der Waals surface area contributed by atoms with Crippen molar-refractivity contribution >= 4 is 55.4 Å². The van der Waals surface area contributed by atoms with Crippen LogP contribution in [0.2, 0.25) is 5.02 Å². The first-order valence-corrected chi connectivity index (χ1v) is 23.4. The van der Waals surface area contributed by atoms with Gasteiger partial charge < -0.3 is 24.1 Å². The maximum Gasteiger partial charge on any atom is 0.312 e. The van der Waals surface area contributed by atoms with E-state index in [1.54, 1.807) is 24.4 Å². The average molecular weight is 915 g/mol. The first kappa shape index (κ1) is 45.1. The molecule has 4 aromatic carbocycles. The molecule has 2 N–H and O–H groups in total. The Morgan fingerprint density at radius 1 is 1.00 bits per heavy atom. The number of piperazine rings is 1. The van der Waals surface area contributed by atoms with Gasteiger partial charge in [0, 0.05) is 85.3 Å². The fraction of sp³-hybridized carbons (Fsp3) is 0.383. The van der Waals surface area contributed by atoms with Gasteiger partial charge in [-0.05, 0) is 90.9 Å². The molecule has 338 valence electrons. The van der Waals surface area contributed by atoms with Gasteiger partial charge in [0.2, 0.25) is 0 Å². The van der Waals surface area contributed by atoms with Crippen molar-refractivity contribution in [3.63, 3.8) is 0 Å². The van der Waals surface area contributed by atoms with Gasteiger partial charge in [-0.2, -0.15) is 0 Å². The summed E-state index contributed by atoms with van der Waals surface area (Å²) in [6, 6.07) is 20.4. The molecule has 1 unspecified atom stereocenters. The van der Waals surface area contributed by atoms with Crippen molar-refractivity contribution in [2.75, 3.05) is 70.5 Å². The predicted octanol–water partition coefficient (Wildman–Crippen LogP) is 8.67. The fourth-order valence-corrected chi connectivity index (χ4v) is 9.85. The van der Waals surface area contributed by atoms with Crippen LogP contribution in [0.3, 0.4) is 0 Å². The Morgan fingerprint density at radius 2 is 1.78 bits per heavy atom. The highest BCUT2D eigenvalue weighted by atomic mass is 35.5. The molecule has 0 spiro atoms. The Labute approximate surface area is 377 Å². The number of H-pyrrole nitrogens is 1. The maximum atomic E-state index is 15.5. The van der Waals surface area contributed by atoms with Gasteiger partial charge in [0.15, 0.2) is 17.3 Å². The summed E-state index contributed by atoms with van der Waals surface area (Å²) >= 11 is 6.23. The van der Waals surface area contributed by atoms with E-state index in [4.69, 9.17) is 25.8 Å². The third kappa shape index (κ3) is 10.2. The van der Waals surface area contributed by atoms with E-state index in [0.29, 0.717) is 54.5 Å². The molecule has 3 aliphatic rings. The third-order valence-corrected chi connectivity index (χ3v) is 14.0. The zero-order chi connectivity index (χ0) is 45.2. The molecule has 2 saturated heterocycles.